The Morgan fingerprint density at radius 2 is 1.61 bits per heavy atom. The van der Waals surface area contributed by atoms with E-state index < -0.39 is 0 Å². The third-order valence-electron chi connectivity index (χ3n) is 11.4. The average Bonchev–Trinajstić information content (AvgIpc) is 3.09. The van der Waals surface area contributed by atoms with Gasteiger partial charge in [-0.2, -0.15) is 0 Å². The van der Waals surface area contributed by atoms with Gasteiger partial charge >= 0.3 is 0 Å². The van der Waals surface area contributed by atoms with Crippen molar-refractivity contribution in [3.63, 3.8) is 0 Å². The van der Waals surface area contributed by atoms with Crippen LogP contribution in [0.5, 0.6) is 0 Å². The van der Waals surface area contributed by atoms with Gasteiger partial charge in [-0.05, 0) is 110 Å². The predicted octanol–water partition coefficient (Wildman–Crippen LogP) is 8.30. The first-order valence-electron chi connectivity index (χ1n) is 14.1. The van der Waals surface area contributed by atoms with E-state index in [4.69, 9.17) is 11.6 Å². The van der Waals surface area contributed by atoms with Gasteiger partial charge in [0.05, 0.1) is 0 Å². The van der Waals surface area contributed by atoms with E-state index in [2.05, 4.69) is 39.9 Å². The molecule has 0 heterocycles. The van der Waals surface area contributed by atoms with E-state index in [1.54, 1.807) is 0 Å². The van der Waals surface area contributed by atoms with Gasteiger partial charge in [0.1, 0.15) is 0 Å². The molecule has 0 spiro atoms. The van der Waals surface area contributed by atoms with Crippen LogP contribution >= 0.6 is 11.6 Å². The van der Waals surface area contributed by atoms with Crippen LogP contribution in [0.2, 0.25) is 0 Å². The summed E-state index contributed by atoms with van der Waals surface area (Å²) in [7, 11) is 0. The normalized spacial score (nSPS) is 45.8. The van der Waals surface area contributed by atoms with Crippen LogP contribution in [-0.4, -0.2) is 18.5 Å². The summed E-state index contributed by atoms with van der Waals surface area (Å²) < 4.78 is 0. The molecule has 0 saturated heterocycles. The van der Waals surface area contributed by atoms with Crippen LogP contribution < -0.4 is 5.32 Å². The molecular formula is C29H52ClN. The molecule has 4 rings (SSSR count). The minimum Gasteiger partial charge on any atom is -0.313 e. The monoisotopic (exact) mass is 449 g/mol. The molecule has 0 aromatic rings. The first kappa shape index (κ1) is 24.4. The molecule has 0 aromatic carbocycles. The van der Waals surface area contributed by atoms with E-state index in [-0.39, 0.29) is 0 Å². The van der Waals surface area contributed by atoms with Gasteiger partial charge < -0.3 is 5.32 Å². The Balaban J connectivity index is 1.41. The second-order valence-corrected chi connectivity index (χ2v) is 13.7. The Morgan fingerprint density at radius 1 is 0.871 bits per heavy atom. The zero-order valence-corrected chi connectivity index (χ0v) is 22.2. The van der Waals surface area contributed by atoms with Gasteiger partial charge in [-0.25, -0.2) is 0 Å². The van der Waals surface area contributed by atoms with Crippen molar-refractivity contribution in [1.29, 1.82) is 0 Å². The van der Waals surface area contributed by atoms with Gasteiger partial charge in [0.25, 0.3) is 0 Å². The fourth-order valence-electron chi connectivity index (χ4n) is 9.73. The van der Waals surface area contributed by atoms with E-state index >= 15 is 0 Å². The molecular weight excluding hydrogens is 398 g/mol. The zero-order chi connectivity index (χ0) is 22.2. The van der Waals surface area contributed by atoms with Crippen molar-refractivity contribution in [2.45, 2.75) is 118 Å². The van der Waals surface area contributed by atoms with Crippen molar-refractivity contribution in [2.24, 2.45) is 52.3 Å². The Bertz CT molecular complexity index is 589. The maximum absolute atomic E-state index is 5.95. The maximum Gasteiger partial charge on any atom is 0.0348 e. The fourth-order valence-corrected chi connectivity index (χ4v) is 9.84. The van der Waals surface area contributed by atoms with Gasteiger partial charge in [-0.3, -0.25) is 0 Å². The van der Waals surface area contributed by atoms with Crippen LogP contribution in [0.15, 0.2) is 0 Å². The van der Waals surface area contributed by atoms with E-state index in [0.29, 0.717) is 10.8 Å². The van der Waals surface area contributed by atoms with Crippen LogP contribution in [-0.2, 0) is 0 Å². The summed E-state index contributed by atoms with van der Waals surface area (Å²) in [5.74, 6) is 7.55. The average molecular weight is 450 g/mol. The number of fused-ring (bicyclic) bond motifs is 5. The molecule has 0 bridgehead atoms. The van der Waals surface area contributed by atoms with E-state index in [1.165, 1.54) is 77.0 Å². The number of hydrogen-bond donors (Lipinski definition) is 1. The van der Waals surface area contributed by atoms with Gasteiger partial charge in [0, 0.05) is 18.5 Å². The topological polar surface area (TPSA) is 12.0 Å². The van der Waals surface area contributed by atoms with Crippen molar-refractivity contribution in [1.82, 2.24) is 5.32 Å². The van der Waals surface area contributed by atoms with Crippen molar-refractivity contribution in [2.75, 3.05) is 12.4 Å². The Labute approximate surface area is 199 Å². The Morgan fingerprint density at radius 3 is 2.35 bits per heavy atom. The lowest BCUT2D eigenvalue weighted by atomic mass is 9.44. The first-order valence-corrected chi connectivity index (χ1v) is 14.6. The molecule has 4 aliphatic rings. The Hall–Kier alpha value is 0.250. The van der Waals surface area contributed by atoms with Crippen LogP contribution in [0.25, 0.3) is 0 Å². The highest BCUT2D eigenvalue weighted by Gasteiger charge is 2.60. The van der Waals surface area contributed by atoms with Crippen molar-refractivity contribution in [3.05, 3.63) is 0 Å². The molecule has 0 aliphatic heterocycles. The smallest absolute Gasteiger partial charge is 0.0348 e. The molecule has 9 unspecified atom stereocenters. The highest BCUT2D eigenvalue weighted by molar-refractivity contribution is 6.18. The molecule has 0 amide bonds. The van der Waals surface area contributed by atoms with Gasteiger partial charge in [0.15, 0.2) is 0 Å². The Kier molecular flexibility index (Phi) is 7.75. The molecule has 4 aliphatic carbocycles. The molecule has 180 valence electrons. The first-order chi connectivity index (χ1) is 14.8. The van der Waals surface area contributed by atoms with Gasteiger partial charge in [-0.15, -0.1) is 11.6 Å². The summed E-state index contributed by atoms with van der Waals surface area (Å²) in [5.41, 5.74) is 1.26. The number of alkyl halides is 1. The summed E-state index contributed by atoms with van der Waals surface area (Å²) in [4.78, 5) is 0. The molecule has 2 heteroatoms. The molecule has 0 aromatic heterocycles. The number of nitrogens with one attached hydrogen (secondary N) is 1. The standard InChI is InChI=1S/C29H52ClN/c1-20(2)7-6-8-21(3)25-11-12-26-24-10-9-22-19-23(31-18-17-30)13-15-28(22,4)27(24)14-16-29(25,26)5/h20-27,31H,6-19H2,1-5H3. The van der Waals surface area contributed by atoms with Crippen LogP contribution in [0.3, 0.4) is 0 Å². The summed E-state index contributed by atoms with van der Waals surface area (Å²) in [6.07, 6.45) is 17.7. The van der Waals surface area contributed by atoms with Crippen molar-refractivity contribution < 1.29 is 0 Å². The minimum atomic E-state index is 0.615. The van der Waals surface area contributed by atoms with Gasteiger partial charge in [0.2, 0.25) is 0 Å². The molecule has 4 fully saturated rings. The van der Waals surface area contributed by atoms with Crippen LogP contribution in [0.4, 0.5) is 0 Å². The number of rotatable bonds is 8. The molecule has 4 saturated carbocycles. The van der Waals surface area contributed by atoms with Crippen molar-refractivity contribution >= 4 is 11.6 Å². The maximum atomic E-state index is 5.95. The van der Waals surface area contributed by atoms with Gasteiger partial charge in [-0.1, -0.05) is 53.9 Å². The SMILES string of the molecule is CC(C)CCCC(C)C1CCC2C3CCC4CC(NCCCl)CCC4(C)C3CCC12C. The van der Waals surface area contributed by atoms with E-state index in [0.717, 1.165) is 59.9 Å². The lowest BCUT2D eigenvalue weighted by Crippen LogP contribution is -2.55. The molecule has 1 nitrogen and oxygen atoms in total. The zero-order valence-electron chi connectivity index (χ0n) is 21.4. The largest absolute Gasteiger partial charge is 0.313 e. The number of hydrogen-bond acceptors (Lipinski definition) is 1. The minimum absolute atomic E-state index is 0.615. The molecule has 31 heavy (non-hydrogen) atoms. The summed E-state index contributed by atoms with van der Waals surface area (Å²) in [5, 5.41) is 3.75. The van der Waals surface area contributed by atoms with Crippen LogP contribution in [0.1, 0.15) is 112 Å². The molecule has 0 radical (unpaired) electrons. The number of halogens is 1. The van der Waals surface area contributed by atoms with Crippen molar-refractivity contribution in [3.8, 4) is 0 Å². The highest BCUT2D eigenvalue weighted by atomic mass is 35.5. The van der Waals surface area contributed by atoms with Crippen LogP contribution in [0, 0.1) is 52.3 Å². The second-order valence-electron chi connectivity index (χ2n) is 13.3. The summed E-state index contributed by atoms with van der Waals surface area (Å²) >= 11 is 5.95. The molecule has 1 N–H and O–H groups in total. The third-order valence-corrected chi connectivity index (χ3v) is 11.6. The van der Waals surface area contributed by atoms with E-state index in [9.17, 15) is 0 Å². The summed E-state index contributed by atoms with van der Waals surface area (Å²) in [6, 6.07) is 0.727. The lowest BCUT2D eigenvalue weighted by molar-refractivity contribution is -0.117. The lowest BCUT2D eigenvalue weighted by Gasteiger charge is -2.61. The third kappa shape index (κ3) is 4.62. The summed E-state index contributed by atoms with van der Waals surface area (Å²) in [6.45, 7) is 13.8. The fraction of sp³-hybridized carbons (Fsp3) is 1.00. The quantitative estimate of drug-likeness (QED) is 0.367. The second kappa shape index (κ2) is 9.85. The molecule has 9 atom stereocenters. The highest BCUT2D eigenvalue weighted by Crippen LogP contribution is 2.68. The van der Waals surface area contributed by atoms with E-state index in [1.807, 2.05) is 0 Å². The predicted molar refractivity (Wildman–Crippen MR) is 136 cm³/mol.